The number of carbonyl (C=O) groups is 2. The monoisotopic (exact) mass is 406 g/mol. The highest BCUT2D eigenvalue weighted by Crippen LogP contribution is 2.33. The van der Waals surface area contributed by atoms with Crippen LogP contribution in [0, 0.1) is 17.7 Å². The van der Waals surface area contributed by atoms with Crippen LogP contribution in [0.25, 0.3) is 10.9 Å². The van der Waals surface area contributed by atoms with Crippen LogP contribution in [-0.2, 0) is 16.0 Å². The molecule has 3 aromatic rings. The Morgan fingerprint density at radius 2 is 1.90 bits per heavy atom. The molecule has 1 heterocycles. The number of H-pyrrole nitrogens is 1. The zero-order valence-corrected chi connectivity index (χ0v) is 16.7. The fourth-order valence-corrected chi connectivity index (χ4v) is 4.10. The molecule has 154 valence electrons. The average Bonchev–Trinajstić information content (AvgIpc) is 3.11. The molecular formula is C24H23FN2O3. The Hall–Kier alpha value is -3.41. The van der Waals surface area contributed by atoms with Crippen molar-refractivity contribution in [3.8, 4) is 0 Å². The topological polar surface area (TPSA) is 71.2 Å². The van der Waals surface area contributed by atoms with Gasteiger partial charge in [0.2, 0.25) is 5.91 Å². The standard InChI is InChI=1S/C24H23FN2O3/c1-30-24(29)22-21(19-14-17(25)11-12-20(19)26-22)27-23(28)18-10-6-5-9-16(18)13-15-7-3-2-4-8-15/h2-8,11-12,14,16,18,26H,9-10,13H2,1H3,(H,27,28)/t16-,18-/m1/s1. The van der Waals surface area contributed by atoms with Crippen molar-refractivity contribution in [3.63, 3.8) is 0 Å². The van der Waals surface area contributed by atoms with Crippen LogP contribution in [-0.4, -0.2) is 24.0 Å². The van der Waals surface area contributed by atoms with Gasteiger partial charge in [0, 0.05) is 16.8 Å². The van der Waals surface area contributed by atoms with Gasteiger partial charge in [-0.15, -0.1) is 0 Å². The van der Waals surface area contributed by atoms with Crippen molar-refractivity contribution >= 4 is 28.5 Å². The maximum atomic E-state index is 13.9. The third-order valence-corrected chi connectivity index (χ3v) is 5.64. The van der Waals surface area contributed by atoms with Crippen LogP contribution in [0.3, 0.4) is 0 Å². The number of ether oxygens (including phenoxy) is 1. The lowest BCUT2D eigenvalue weighted by Crippen LogP contribution is -2.32. The van der Waals surface area contributed by atoms with E-state index in [0.717, 1.165) is 12.8 Å². The van der Waals surface area contributed by atoms with Crippen molar-refractivity contribution in [2.75, 3.05) is 12.4 Å². The minimum absolute atomic E-state index is 0.109. The number of rotatable bonds is 5. The molecule has 1 aliphatic rings. The molecule has 0 bridgehead atoms. The summed E-state index contributed by atoms with van der Waals surface area (Å²) < 4.78 is 18.7. The Morgan fingerprint density at radius 3 is 2.67 bits per heavy atom. The van der Waals surface area contributed by atoms with E-state index >= 15 is 0 Å². The number of benzene rings is 2. The second-order valence-electron chi connectivity index (χ2n) is 7.54. The maximum Gasteiger partial charge on any atom is 0.356 e. The van der Waals surface area contributed by atoms with E-state index in [1.807, 2.05) is 24.3 Å². The van der Waals surface area contributed by atoms with Crippen LogP contribution in [0.15, 0.2) is 60.7 Å². The zero-order chi connectivity index (χ0) is 21.1. The van der Waals surface area contributed by atoms with Crippen LogP contribution in [0.1, 0.15) is 28.9 Å². The number of esters is 1. The van der Waals surface area contributed by atoms with Gasteiger partial charge in [0.1, 0.15) is 11.5 Å². The number of aromatic nitrogens is 1. The van der Waals surface area contributed by atoms with Gasteiger partial charge in [-0.2, -0.15) is 0 Å². The van der Waals surface area contributed by atoms with Crippen molar-refractivity contribution in [3.05, 3.63) is 77.8 Å². The lowest BCUT2D eigenvalue weighted by molar-refractivity contribution is -0.121. The number of aromatic amines is 1. The molecule has 2 N–H and O–H groups in total. The SMILES string of the molecule is COC(=O)c1[nH]c2ccc(F)cc2c1NC(=O)[C@@H]1CC=CC[C@@H]1Cc1ccccc1. The second kappa shape index (κ2) is 8.53. The quantitative estimate of drug-likeness (QED) is 0.470. The molecule has 0 fully saturated rings. The number of halogens is 1. The van der Waals surface area contributed by atoms with Gasteiger partial charge in [0.05, 0.1) is 12.8 Å². The van der Waals surface area contributed by atoms with Crippen LogP contribution >= 0.6 is 0 Å². The molecule has 6 heteroatoms. The van der Waals surface area contributed by atoms with E-state index in [-0.39, 0.29) is 29.1 Å². The average molecular weight is 406 g/mol. The predicted molar refractivity (Wildman–Crippen MR) is 114 cm³/mol. The third-order valence-electron chi connectivity index (χ3n) is 5.64. The highest BCUT2D eigenvalue weighted by Gasteiger charge is 2.31. The summed E-state index contributed by atoms with van der Waals surface area (Å²) in [7, 11) is 1.27. The van der Waals surface area contributed by atoms with E-state index in [1.165, 1.54) is 30.9 Å². The van der Waals surface area contributed by atoms with Gasteiger partial charge in [-0.1, -0.05) is 42.5 Å². The van der Waals surface area contributed by atoms with Crippen LogP contribution in [0.4, 0.5) is 10.1 Å². The minimum atomic E-state index is -0.619. The summed E-state index contributed by atoms with van der Waals surface area (Å²) in [6, 6.07) is 14.2. The number of amides is 1. The molecule has 2 aromatic carbocycles. The number of methoxy groups -OCH3 is 1. The Labute approximate surface area is 173 Å². The molecule has 0 radical (unpaired) electrons. The Balaban J connectivity index is 1.63. The summed E-state index contributed by atoms with van der Waals surface area (Å²) >= 11 is 0. The molecule has 0 saturated heterocycles. The lowest BCUT2D eigenvalue weighted by Gasteiger charge is -2.27. The van der Waals surface area contributed by atoms with Gasteiger partial charge in [-0.05, 0) is 48.9 Å². The lowest BCUT2D eigenvalue weighted by atomic mass is 9.78. The number of fused-ring (bicyclic) bond motifs is 1. The maximum absolute atomic E-state index is 13.9. The summed E-state index contributed by atoms with van der Waals surface area (Å²) in [4.78, 5) is 28.4. The van der Waals surface area contributed by atoms with Gasteiger partial charge < -0.3 is 15.0 Å². The van der Waals surface area contributed by atoms with Gasteiger partial charge in [0.15, 0.2) is 0 Å². The molecule has 1 amide bonds. The molecule has 0 unspecified atom stereocenters. The Kier molecular flexibility index (Phi) is 5.65. The van der Waals surface area contributed by atoms with Gasteiger partial charge in [0.25, 0.3) is 0 Å². The van der Waals surface area contributed by atoms with E-state index in [9.17, 15) is 14.0 Å². The third kappa shape index (κ3) is 3.99. The largest absolute Gasteiger partial charge is 0.464 e. The molecule has 0 saturated carbocycles. The summed E-state index contributed by atoms with van der Waals surface area (Å²) in [5, 5.41) is 3.33. The van der Waals surface area contributed by atoms with Crippen LogP contribution in [0.5, 0.6) is 0 Å². The Morgan fingerprint density at radius 1 is 1.13 bits per heavy atom. The number of carbonyl (C=O) groups excluding carboxylic acids is 2. The fourth-order valence-electron chi connectivity index (χ4n) is 4.10. The molecule has 0 spiro atoms. The van der Waals surface area contributed by atoms with Crippen LogP contribution < -0.4 is 5.32 Å². The summed E-state index contributed by atoms with van der Waals surface area (Å²) in [6.45, 7) is 0. The van der Waals surface area contributed by atoms with Crippen LogP contribution in [0.2, 0.25) is 0 Å². The van der Waals surface area contributed by atoms with E-state index in [0.29, 0.717) is 17.3 Å². The molecule has 1 aliphatic carbocycles. The van der Waals surface area contributed by atoms with Crippen molar-refractivity contribution in [2.45, 2.75) is 19.3 Å². The molecular weight excluding hydrogens is 383 g/mol. The first kappa shape index (κ1) is 19.9. The molecule has 1 aromatic heterocycles. The smallest absolute Gasteiger partial charge is 0.356 e. The normalized spacial score (nSPS) is 18.3. The van der Waals surface area contributed by atoms with E-state index < -0.39 is 11.8 Å². The van der Waals surface area contributed by atoms with Crippen molar-refractivity contribution < 1.29 is 18.7 Å². The second-order valence-corrected chi connectivity index (χ2v) is 7.54. The van der Waals surface area contributed by atoms with Gasteiger partial charge in [-0.25, -0.2) is 9.18 Å². The number of allylic oxidation sites excluding steroid dienone is 2. The van der Waals surface area contributed by atoms with Gasteiger partial charge in [-0.3, -0.25) is 4.79 Å². The first-order valence-electron chi connectivity index (χ1n) is 9.96. The number of hydrogen-bond donors (Lipinski definition) is 2. The van der Waals surface area contributed by atoms with Crippen molar-refractivity contribution in [1.82, 2.24) is 4.98 Å². The van der Waals surface area contributed by atoms with Crippen molar-refractivity contribution in [2.24, 2.45) is 11.8 Å². The van der Waals surface area contributed by atoms with E-state index in [1.54, 1.807) is 0 Å². The molecule has 5 nitrogen and oxygen atoms in total. The summed E-state index contributed by atoms with van der Waals surface area (Å²) in [5.74, 6) is -1.36. The fraction of sp³-hybridized carbons (Fsp3) is 0.250. The summed E-state index contributed by atoms with van der Waals surface area (Å²) in [6.07, 6.45) is 6.34. The van der Waals surface area contributed by atoms with Gasteiger partial charge >= 0.3 is 5.97 Å². The number of hydrogen-bond acceptors (Lipinski definition) is 3. The Bertz CT molecular complexity index is 1100. The summed E-state index contributed by atoms with van der Waals surface area (Å²) in [5.41, 5.74) is 2.10. The van der Waals surface area contributed by atoms with E-state index in [2.05, 4.69) is 28.5 Å². The molecule has 2 atom stereocenters. The van der Waals surface area contributed by atoms with E-state index in [4.69, 9.17) is 4.74 Å². The molecule has 0 aliphatic heterocycles. The minimum Gasteiger partial charge on any atom is -0.464 e. The number of anilines is 1. The highest BCUT2D eigenvalue weighted by atomic mass is 19.1. The molecule has 30 heavy (non-hydrogen) atoms. The predicted octanol–water partition coefficient (Wildman–Crippen LogP) is 4.86. The highest BCUT2D eigenvalue weighted by molar-refractivity contribution is 6.11. The van der Waals surface area contributed by atoms with Crippen molar-refractivity contribution in [1.29, 1.82) is 0 Å². The molecule has 4 rings (SSSR count). The zero-order valence-electron chi connectivity index (χ0n) is 16.7. The first-order valence-corrected chi connectivity index (χ1v) is 9.96. The number of nitrogens with one attached hydrogen (secondary N) is 2. The first-order chi connectivity index (χ1) is 14.6.